The van der Waals surface area contributed by atoms with Crippen molar-refractivity contribution in [3.63, 3.8) is 0 Å². The summed E-state index contributed by atoms with van der Waals surface area (Å²) in [4.78, 5) is 0. The molecule has 2 rings (SSSR count). The number of hydrogen-bond donors (Lipinski definition) is 2. The fraction of sp³-hybridized carbons (Fsp3) is 0.250. The molecule has 0 amide bonds. The van der Waals surface area contributed by atoms with Gasteiger partial charge in [-0.05, 0) is 37.2 Å². The Kier molecular flexibility index (Phi) is 4.01. The van der Waals surface area contributed by atoms with E-state index in [1.807, 2.05) is 30.5 Å². The summed E-state index contributed by atoms with van der Waals surface area (Å²) in [5.74, 6) is 0. The van der Waals surface area contributed by atoms with E-state index in [2.05, 4.69) is 10.4 Å². The summed E-state index contributed by atoms with van der Waals surface area (Å²) in [6, 6.07) is 7.55. The van der Waals surface area contributed by atoms with Crippen LogP contribution in [0.2, 0.25) is 5.02 Å². The number of nitrogens with one attached hydrogen (secondary N) is 1. The van der Waals surface area contributed by atoms with Crippen molar-refractivity contribution in [1.29, 1.82) is 0 Å². The first-order chi connectivity index (χ1) is 8.29. The normalized spacial score (nSPS) is 10.5. The lowest BCUT2D eigenvalue weighted by Gasteiger charge is -2.02. The van der Waals surface area contributed by atoms with Gasteiger partial charge in [0.15, 0.2) is 0 Å². The van der Waals surface area contributed by atoms with Crippen molar-refractivity contribution in [2.75, 3.05) is 18.4 Å². The van der Waals surface area contributed by atoms with Gasteiger partial charge in [-0.25, -0.2) is 4.68 Å². The highest BCUT2D eigenvalue weighted by Gasteiger charge is 2.00. The van der Waals surface area contributed by atoms with E-state index in [-0.39, 0.29) is 0 Å². The highest BCUT2D eigenvalue weighted by molar-refractivity contribution is 6.30. The van der Waals surface area contributed by atoms with Crippen LogP contribution in [0.1, 0.15) is 6.42 Å². The molecule has 0 aliphatic heterocycles. The third-order valence-corrected chi connectivity index (χ3v) is 2.64. The van der Waals surface area contributed by atoms with Crippen LogP contribution in [0.4, 0.5) is 5.69 Å². The van der Waals surface area contributed by atoms with E-state index < -0.39 is 0 Å². The summed E-state index contributed by atoms with van der Waals surface area (Å²) in [7, 11) is 0. The number of halogens is 1. The van der Waals surface area contributed by atoms with Crippen molar-refractivity contribution < 1.29 is 0 Å². The SMILES string of the molecule is NCCCNc1cnn(-c2ccc(Cl)cc2)c1. The van der Waals surface area contributed by atoms with Crippen LogP contribution in [-0.2, 0) is 0 Å². The first kappa shape index (κ1) is 12.0. The van der Waals surface area contributed by atoms with Gasteiger partial charge >= 0.3 is 0 Å². The maximum absolute atomic E-state index is 5.83. The maximum atomic E-state index is 5.83. The Hall–Kier alpha value is -1.52. The van der Waals surface area contributed by atoms with Crippen LogP contribution in [0.5, 0.6) is 0 Å². The average Bonchev–Trinajstić information content (AvgIpc) is 2.79. The predicted octanol–water partition coefficient (Wildman–Crippen LogP) is 2.29. The number of rotatable bonds is 5. The molecule has 0 saturated heterocycles. The lowest BCUT2D eigenvalue weighted by molar-refractivity contribution is 0.872. The molecule has 0 unspecified atom stereocenters. The molecule has 17 heavy (non-hydrogen) atoms. The number of nitrogens with two attached hydrogens (primary N) is 1. The first-order valence-electron chi connectivity index (χ1n) is 5.54. The summed E-state index contributed by atoms with van der Waals surface area (Å²) in [6.45, 7) is 1.56. The molecule has 0 aliphatic carbocycles. The van der Waals surface area contributed by atoms with E-state index in [9.17, 15) is 0 Å². The molecule has 0 saturated carbocycles. The lowest BCUT2D eigenvalue weighted by Crippen LogP contribution is -2.07. The molecule has 1 aromatic carbocycles. The molecular formula is C12H15ClN4. The fourth-order valence-electron chi connectivity index (χ4n) is 1.48. The minimum Gasteiger partial charge on any atom is -0.382 e. The molecule has 3 N–H and O–H groups in total. The summed E-state index contributed by atoms with van der Waals surface area (Å²) in [5, 5.41) is 8.26. The molecule has 4 nitrogen and oxygen atoms in total. The monoisotopic (exact) mass is 250 g/mol. The Balaban J connectivity index is 2.04. The molecule has 0 radical (unpaired) electrons. The van der Waals surface area contributed by atoms with Crippen molar-refractivity contribution in [3.05, 3.63) is 41.7 Å². The van der Waals surface area contributed by atoms with Crippen molar-refractivity contribution >= 4 is 17.3 Å². The minimum atomic E-state index is 0.693. The van der Waals surface area contributed by atoms with Crippen molar-refractivity contribution in [2.24, 2.45) is 5.73 Å². The summed E-state index contributed by atoms with van der Waals surface area (Å²) in [5.41, 5.74) is 7.41. The molecule has 1 aromatic heterocycles. The Labute approximate surface area is 105 Å². The number of benzene rings is 1. The van der Waals surface area contributed by atoms with Crippen LogP contribution >= 0.6 is 11.6 Å². The molecule has 0 fully saturated rings. The van der Waals surface area contributed by atoms with Gasteiger partial charge in [0.05, 0.1) is 23.8 Å². The molecule has 0 spiro atoms. The van der Waals surface area contributed by atoms with Crippen LogP contribution in [0, 0.1) is 0 Å². The van der Waals surface area contributed by atoms with Crippen LogP contribution in [0.25, 0.3) is 5.69 Å². The zero-order valence-corrected chi connectivity index (χ0v) is 10.2. The van der Waals surface area contributed by atoms with Gasteiger partial charge in [-0.2, -0.15) is 5.10 Å². The summed E-state index contributed by atoms with van der Waals surface area (Å²) >= 11 is 5.83. The van der Waals surface area contributed by atoms with E-state index in [0.717, 1.165) is 29.4 Å². The van der Waals surface area contributed by atoms with E-state index in [1.54, 1.807) is 10.9 Å². The summed E-state index contributed by atoms with van der Waals surface area (Å²) < 4.78 is 1.81. The van der Waals surface area contributed by atoms with Crippen molar-refractivity contribution in [2.45, 2.75) is 6.42 Å². The number of nitrogens with zero attached hydrogens (tertiary/aromatic N) is 2. The zero-order valence-electron chi connectivity index (χ0n) is 9.44. The minimum absolute atomic E-state index is 0.693. The van der Waals surface area contributed by atoms with E-state index in [4.69, 9.17) is 17.3 Å². The van der Waals surface area contributed by atoms with Crippen LogP contribution in [-0.4, -0.2) is 22.9 Å². The third-order valence-electron chi connectivity index (χ3n) is 2.38. The van der Waals surface area contributed by atoms with Gasteiger partial charge in [-0.3, -0.25) is 0 Å². The molecular weight excluding hydrogens is 236 g/mol. The highest BCUT2D eigenvalue weighted by atomic mass is 35.5. The van der Waals surface area contributed by atoms with Crippen LogP contribution < -0.4 is 11.1 Å². The van der Waals surface area contributed by atoms with Crippen molar-refractivity contribution in [1.82, 2.24) is 9.78 Å². The van der Waals surface area contributed by atoms with Gasteiger partial charge in [-0.15, -0.1) is 0 Å². The second kappa shape index (κ2) is 5.70. The zero-order chi connectivity index (χ0) is 12.1. The van der Waals surface area contributed by atoms with Gasteiger partial charge < -0.3 is 11.1 Å². The lowest BCUT2D eigenvalue weighted by atomic mass is 10.3. The predicted molar refractivity (Wildman–Crippen MR) is 70.7 cm³/mol. The molecule has 5 heteroatoms. The molecule has 0 atom stereocenters. The third kappa shape index (κ3) is 3.22. The Morgan fingerprint density at radius 3 is 2.76 bits per heavy atom. The smallest absolute Gasteiger partial charge is 0.0731 e. The van der Waals surface area contributed by atoms with Gasteiger partial charge in [0, 0.05) is 11.6 Å². The molecule has 90 valence electrons. The standard InChI is InChI=1S/C12H15ClN4/c13-10-2-4-12(5-3-10)17-9-11(8-16-17)15-7-1-6-14/h2-5,8-9,15H,1,6-7,14H2. The van der Waals surface area contributed by atoms with Gasteiger partial charge in [-0.1, -0.05) is 11.6 Å². The van der Waals surface area contributed by atoms with E-state index in [0.29, 0.717) is 6.54 Å². The Bertz CT molecular complexity index is 464. The Morgan fingerprint density at radius 2 is 2.06 bits per heavy atom. The van der Waals surface area contributed by atoms with Gasteiger partial charge in [0.1, 0.15) is 0 Å². The van der Waals surface area contributed by atoms with Gasteiger partial charge in [0.25, 0.3) is 0 Å². The average molecular weight is 251 g/mol. The summed E-state index contributed by atoms with van der Waals surface area (Å²) in [6.07, 6.45) is 4.69. The number of hydrogen-bond acceptors (Lipinski definition) is 3. The largest absolute Gasteiger partial charge is 0.382 e. The number of aromatic nitrogens is 2. The molecule has 0 bridgehead atoms. The second-order valence-electron chi connectivity index (χ2n) is 3.72. The highest BCUT2D eigenvalue weighted by Crippen LogP contribution is 2.14. The van der Waals surface area contributed by atoms with Crippen LogP contribution in [0.3, 0.4) is 0 Å². The van der Waals surface area contributed by atoms with Crippen molar-refractivity contribution in [3.8, 4) is 5.69 Å². The quantitative estimate of drug-likeness (QED) is 0.801. The van der Waals surface area contributed by atoms with E-state index in [1.165, 1.54) is 0 Å². The maximum Gasteiger partial charge on any atom is 0.0731 e. The molecule has 1 heterocycles. The topological polar surface area (TPSA) is 55.9 Å². The number of anilines is 1. The molecule has 0 aliphatic rings. The van der Waals surface area contributed by atoms with Crippen LogP contribution in [0.15, 0.2) is 36.7 Å². The first-order valence-corrected chi connectivity index (χ1v) is 5.92. The van der Waals surface area contributed by atoms with E-state index >= 15 is 0 Å². The van der Waals surface area contributed by atoms with Gasteiger partial charge in [0.2, 0.25) is 0 Å². The Morgan fingerprint density at radius 1 is 1.29 bits per heavy atom. The fourth-order valence-corrected chi connectivity index (χ4v) is 1.61. The molecule has 2 aromatic rings. The second-order valence-corrected chi connectivity index (χ2v) is 4.16.